The minimum Gasteiger partial charge on any atom is -0.378 e. The van der Waals surface area contributed by atoms with Crippen LogP contribution in [0.3, 0.4) is 0 Å². The summed E-state index contributed by atoms with van der Waals surface area (Å²) < 4.78 is 6.27. The van der Waals surface area contributed by atoms with E-state index in [0.717, 1.165) is 14.7 Å². The summed E-state index contributed by atoms with van der Waals surface area (Å²) in [7, 11) is 0. The van der Waals surface area contributed by atoms with E-state index in [4.69, 9.17) is 4.74 Å². The van der Waals surface area contributed by atoms with Crippen molar-refractivity contribution in [2.75, 3.05) is 26.3 Å². The fourth-order valence-electron chi connectivity index (χ4n) is 1.83. The van der Waals surface area contributed by atoms with Gasteiger partial charge in [-0.25, -0.2) is 0 Å². The number of carbonyl (C=O) groups excluding carboxylic acids is 1. The van der Waals surface area contributed by atoms with Crippen molar-refractivity contribution in [3.05, 3.63) is 32.9 Å². The van der Waals surface area contributed by atoms with Gasteiger partial charge in [-0.1, -0.05) is 12.1 Å². The summed E-state index contributed by atoms with van der Waals surface area (Å²) in [4.78, 5) is 14.2. The average molecular weight is 331 g/mol. The molecule has 86 valence electrons. The third kappa shape index (κ3) is 2.38. The molecule has 0 unspecified atom stereocenters. The van der Waals surface area contributed by atoms with Crippen LogP contribution in [0.4, 0.5) is 0 Å². The monoisotopic (exact) mass is 331 g/mol. The van der Waals surface area contributed by atoms with Gasteiger partial charge in [-0.2, -0.15) is 0 Å². The molecule has 0 aromatic heterocycles. The second kappa shape index (κ2) is 5.14. The molecule has 2 rings (SSSR count). The van der Waals surface area contributed by atoms with Gasteiger partial charge in [0.25, 0.3) is 5.91 Å². The van der Waals surface area contributed by atoms with Gasteiger partial charge in [0.05, 0.1) is 18.8 Å². The molecule has 1 amide bonds. The molecule has 1 saturated heterocycles. The highest BCUT2D eigenvalue weighted by Gasteiger charge is 2.21. The molecular formula is C12H14INO2. The number of benzene rings is 1. The van der Waals surface area contributed by atoms with Crippen molar-refractivity contribution in [2.24, 2.45) is 0 Å². The Kier molecular flexibility index (Phi) is 3.81. The van der Waals surface area contributed by atoms with E-state index in [9.17, 15) is 4.79 Å². The highest BCUT2D eigenvalue weighted by atomic mass is 127. The lowest BCUT2D eigenvalue weighted by molar-refractivity contribution is 0.0301. The molecule has 1 aliphatic heterocycles. The van der Waals surface area contributed by atoms with E-state index in [1.165, 1.54) is 0 Å². The van der Waals surface area contributed by atoms with Gasteiger partial charge in [-0.05, 0) is 41.1 Å². The van der Waals surface area contributed by atoms with Crippen LogP contribution in [0.5, 0.6) is 0 Å². The molecule has 1 aromatic carbocycles. The van der Waals surface area contributed by atoms with Gasteiger partial charge >= 0.3 is 0 Å². The van der Waals surface area contributed by atoms with Crippen LogP contribution in [-0.4, -0.2) is 37.1 Å². The maximum absolute atomic E-state index is 12.3. The second-order valence-corrected chi connectivity index (χ2v) is 5.00. The molecule has 16 heavy (non-hydrogen) atoms. The van der Waals surface area contributed by atoms with Crippen LogP contribution in [0.15, 0.2) is 18.2 Å². The van der Waals surface area contributed by atoms with E-state index in [1.54, 1.807) is 0 Å². The summed E-state index contributed by atoms with van der Waals surface area (Å²) >= 11 is 2.22. The Bertz CT molecular complexity index is 380. The number of morpholine rings is 1. The standard InChI is InChI=1S/C12H14INO2/c1-9-3-2-4-10(13)11(9)12(15)14-5-7-16-8-6-14/h2-4H,5-8H2,1H3. The summed E-state index contributed by atoms with van der Waals surface area (Å²) in [6, 6.07) is 5.93. The number of ether oxygens (including phenoxy) is 1. The summed E-state index contributed by atoms with van der Waals surface area (Å²) in [5.41, 5.74) is 1.88. The van der Waals surface area contributed by atoms with E-state index in [0.29, 0.717) is 26.3 Å². The van der Waals surface area contributed by atoms with Gasteiger partial charge in [-0.3, -0.25) is 4.79 Å². The maximum Gasteiger partial charge on any atom is 0.255 e. The minimum absolute atomic E-state index is 0.130. The van der Waals surface area contributed by atoms with Gasteiger partial charge in [0, 0.05) is 16.7 Å². The molecule has 0 spiro atoms. The quantitative estimate of drug-likeness (QED) is 0.738. The fraction of sp³-hybridized carbons (Fsp3) is 0.417. The predicted octanol–water partition coefficient (Wildman–Crippen LogP) is 2.07. The number of carbonyl (C=O) groups is 1. The normalized spacial score (nSPS) is 16.2. The maximum atomic E-state index is 12.3. The third-order valence-electron chi connectivity index (χ3n) is 2.73. The van der Waals surface area contributed by atoms with Crippen LogP contribution < -0.4 is 0 Å². The highest BCUT2D eigenvalue weighted by molar-refractivity contribution is 14.1. The van der Waals surface area contributed by atoms with Crippen LogP contribution in [0.1, 0.15) is 15.9 Å². The lowest BCUT2D eigenvalue weighted by Crippen LogP contribution is -2.41. The van der Waals surface area contributed by atoms with Crippen LogP contribution in [0.2, 0.25) is 0 Å². The van der Waals surface area contributed by atoms with E-state index < -0.39 is 0 Å². The van der Waals surface area contributed by atoms with Gasteiger partial charge in [-0.15, -0.1) is 0 Å². The number of hydrogen-bond acceptors (Lipinski definition) is 2. The molecule has 0 bridgehead atoms. The van der Waals surface area contributed by atoms with Crippen molar-refractivity contribution in [2.45, 2.75) is 6.92 Å². The van der Waals surface area contributed by atoms with Crippen molar-refractivity contribution in [3.8, 4) is 0 Å². The van der Waals surface area contributed by atoms with Crippen molar-refractivity contribution in [1.82, 2.24) is 4.90 Å². The molecular weight excluding hydrogens is 317 g/mol. The molecule has 1 aliphatic rings. The first-order chi connectivity index (χ1) is 7.70. The van der Waals surface area contributed by atoms with Gasteiger partial charge in [0.15, 0.2) is 0 Å². The first-order valence-corrected chi connectivity index (χ1v) is 6.40. The van der Waals surface area contributed by atoms with Crippen LogP contribution in [0, 0.1) is 10.5 Å². The van der Waals surface area contributed by atoms with Crippen molar-refractivity contribution >= 4 is 28.5 Å². The van der Waals surface area contributed by atoms with E-state index in [1.807, 2.05) is 30.0 Å². The molecule has 1 aromatic rings. The fourth-order valence-corrected chi connectivity index (χ4v) is 2.69. The first kappa shape index (κ1) is 11.9. The van der Waals surface area contributed by atoms with Crippen LogP contribution in [-0.2, 0) is 4.74 Å². The molecule has 4 heteroatoms. The average Bonchev–Trinajstić information content (AvgIpc) is 2.30. The Morgan fingerprint density at radius 1 is 1.38 bits per heavy atom. The zero-order valence-electron chi connectivity index (χ0n) is 9.20. The highest BCUT2D eigenvalue weighted by Crippen LogP contribution is 2.19. The Morgan fingerprint density at radius 3 is 2.69 bits per heavy atom. The summed E-state index contributed by atoms with van der Waals surface area (Å²) in [5.74, 6) is 0.130. The number of amides is 1. The number of hydrogen-bond donors (Lipinski definition) is 0. The molecule has 0 atom stereocenters. The molecule has 0 radical (unpaired) electrons. The van der Waals surface area contributed by atoms with Crippen molar-refractivity contribution in [1.29, 1.82) is 0 Å². The smallest absolute Gasteiger partial charge is 0.255 e. The summed E-state index contributed by atoms with van der Waals surface area (Å²) in [6.45, 7) is 4.67. The van der Waals surface area contributed by atoms with Crippen molar-refractivity contribution in [3.63, 3.8) is 0 Å². The van der Waals surface area contributed by atoms with Gasteiger partial charge in [0.2, 0.25) is 0 Å². The Labute approximate surface area is 109 Å². The molecule has 1 heterocycles. The topological polar surface area (TPSA) is 29.5 Å². The zero-order valence-corrected chi connectivity index (χ0v) is 11.4. The molecule has 0 N–H and O–H groups in total. The summed E-state index contributed by atoms with van der Waals surface area (Å²) in [6.07, 6.45) is 0. The SMILES string of the molecule is Cc1cccc(I)c1C(=O)N1CCOCC1. The van der Waals surface area contributed by atoms with Gasteiger partial charge < -0.3 is 9.64 Å². The van der Waals surface area contributed by atoms with E-state index >= 15 is 0 Å². The van der Waals surface area contributed by atoms with Gasteiger partial charge in [0.1, 0.15) is 0 Å². The molecule has 1 fully saturated rings. The van der Waals surface area contributed by atoms with Crippen LogP contribution >= 0.6 is 22.6 Å². The number of halogens is 1. The zero-order chi connectivity index (χ0) is 11.5. The summed E-state index contributed by atoms with van der Waals surface area (Å²) in [5, 5.41) is 0. The van der Waals surface area contributed by atoms with Crippen molar-refractivity contribution < 1.29 is 9.53 Å². The molecule has 0 aliphatic carbocycles. The Morgan fingerprint density at radius 2 is 2.06 bits per heavy atom. The third-order valence-corrected chi connectivity index (χ3v) is 3.63. The Hall–Kier alpha value is -0.620. The number of nitrogens with zero attached hydrogens (tertiary/aromatic N) is 1. The first-order valence-electron chi connectivity index (χ1n) is 5.32. The second-order valence-electron chi connectivity index (χ2n) is 3.84. The number of rotatable bonds is 1. The van der Waals surface area contributed by atoms with Crippen LogP contribution in [0.25, 0.3) is 0 Å². The number of aryl methyl sites for hydroxylation is 1. The van der Waals surface area contributed by atoms with E-state index in [2.05, 4.69) is 22.6 Å². The largest absolute Gasteiger partial charge is 0.378 e. The van der Waals surface area contributed by atoms with E-state index in [-0.39, 0.29) is 5.91 Å². The molecule has 0 saturated carbocycles. The predicted molar refractivity (Wildman–Crippen MR) is 70.6 cm³/mol. The Balaban J connectivity index is 2.26. The lowest BCUT2D eigenvalue weighted by atomic mass is 10.1. The minimum atomic E-state index is 0.130. The lowest BCUT2D eigenvalue weighted by Gasteiger charge is -2.27. The molecule has 3 nitrogen and oxygen atoms in total.